The van der Waals surface area contributed by atoms with E-state index >= 15 is 0 Å². The second-order valence-electron chi connectivity index (χ2n) is 6.43. The first-order valence-corrected chi connectivity index (χ1v) is 11.0. The quantitative estimate of drug-likeness (QED) is 0.678. The topological polar surface area (TPSA) is 89.5 Å². The first-order chi connectivity index (χ1) is 13.1. The second kappa shape index (κ2) is 9.21. The third kappa shape index (κ3) is 5.56. The van der Waals surface area contributed by atoms with E-state index < -0.39 is 28.3 Å². The molecule has 0 fully saturated rings. The van der Waals surface area contributed by atoms with Crippen LogP contribution in [0.4, 0.5) is 5.69 Å². The van der Waals surface area contributed by atoms with Crippen molar-refractivity contribution in [3.05, 3.63) is 58.6 Å². The van der Waals surface area contributed by atoms with E-state index in [2.05, 4.69) is 19.2 Å². The molecule has 0 unspecified atom stereocenters. The molecule has 0 aliphatic carbocycles. The van der Waals surface area contributed by atoms with Crippen LogP contribution in [0.1, 0.15) is 42.1 Å². The molecule has 2 rings (SSSR count). The van der Waals surface area contributed by atoms with E-state index in [0.717, 1.165) is 24.3 Å². The number of hydrogen-bond acceptors (Lipinski definition) is 5. The normalized spacial score (nSPS) is 12.3. The third-order valence-electron chi connectivity index (χ3n) is 4.30. The van der Waals surface area contributed by atoms with Crippen LogP contribution in [-0.4, -0.2) is 33.2 Å². The largest absolute Gasteiger partial charge is 0.452 e. The Balaban J connectivity index is 2.07. The standard InChI is InChI=1S/C20H22ClNO5S/c1-4-13(2)15-7-5-6-8-18(15)22-19(23)12-27-20(24)16-11-14(28(3,25)26)9-10-17(16)21/h5-11,13H,4,12H2,1-3H3,(H,22,23)/t13-/m0/s1. The van der Waals surface area contributed by atoms with Gasteiger partial charge in [-0.3, -0.25) is 4.79 Å². The molecule has 2 aromatic rings. The average molecular weight is 424 g/mol. The summed E-state index contributed by atoms with van der Waals surface area (Å²) in [5.74, 6) is -1.11. The number of sulfone groups is 1. The molecule has 0 spiro atoms. The molecule has 28 heavy (non-hydrogen) atoms. The highest BCUT2D eigenvalue weighted by atomic mass is 35.5. The summed E-state index contributed by atoms with van der Waals surface area (Å²) in [6.07, 6.45) is 1.94. The number of carbonyl (C=O) groups excluding carboxylic acids is 2. The van der Waals surface area contributed by atoms with E-state index in [1.165, 1.54) is 12.1 Å². The summed E-state index contributed by atoms with van der Waals surface area (Å²) in [6, 6.07) is 11.2. The predicted molar refractivity (Wildman–Crippen MR) is 109 cm³/mol. The molecule has 2 aromatic carbocycles. The fraction of sp³-hybridized carbons (Fsp3) is 0.300. The molecule has 0 aromatic heterocycles. The zero-order chi connectivity index (χ0) is 20.9. The zero-order valence-corrected chi connectivity index (χ0v) is 17.4. The molecule has 1 atom stereocenters. The number of amides is 1. The highest BCUT2D eigenvalue weighted by molar-refractivity contribution is 7.90. The van der Waals surface area contributed by atoms with Crippen LogP contribution in [0.3, 0.4) is 0 Å². The number of rotatable bonds is 7. The summed E-state index contributed by atoms with van der Waals surface area (Å²) in [7, 11) is -3.51. The van der Waals surface area contributed by atoms with Gasteiger partial charge in [-0.15, -0.1) is 0 Å². The molecule has 0 radical (unpaired) electrons. The molecular formula is C20H22ClNO5S. The average Bonchev–Trinajstić information content (AvgIpc) is 2.65. The van der Waals surface area contributed by atoms with Crippen LogP contribution in [0.2, 0.25) is 5.02 Å². The molecule has 0 bridgehead atoms. The fourth-order valence-electron chi connectivity index (χ4n) is 2.55. The Hall–Kier alpha value is -2.38. The van der Waals surface area contributed by atoms with Gasteiger partial charge in [0.2, 0.25) is 0 Å². The Bertz CT molecular complexity index is 988. The summed E-state index contributed by atoms with van der Waals surface area (Å²) < 4.78 is 28.3. The number of ether oxygens (including phenoxy) is 1. The summed E-state index contributed by atoms with van der Waals surface area (Å²) in [4.78, 5) is 24.4. The highest BCUT2D eigenvalue weighted by Crippen LogP contribution is 2.26. The van der Waals surface area contributed by atoms with Gasteiger partial charge in [-0.25, -0.2) is 13.2 Å². The van der Waals surface area contributed by atoms with Crippen molar-refractivity contribution in [2.45, 2.75) is 31.1 Å². The van der Waals surface area contributed by atoms with Crippen molar-refractivity contribution >= 4 is 39.0 Å². The Kier molecular flexibility index (Phi) is 7.21. The molecule has 0 aliphatic rings. The van der Waals surface area contributed by atoms with Gasteiger partial charge in [0.1, 0.15) is 0 Å². The predicted octanol–water partition coefficient (Wildman–Crippen LogP) is 4.05. The van der Waals surface area contributed by atoms with Crippen molar-refractivity contribution in [1.29, 1.82) is 0 Å². The molecular weight excluding hydrogens is 402 g/mol. The lowest BCUT2D eigenvalue weighted by Gasteiger charge is -2.15. The zero-order valence-electron chi connectivity index (χ0n) is 15.9. The van der Waals surface area contributed by atoms with Crippen LogP contribution in [0.25, 0.3) is 0 Å². The van der Waals surface area contributed by atoms with E-state index in [1.807, 2.05) is 18.2 Å². The van der Waals surface area contributed by atoms with Crippen LogP contribution in [0, 0.1) is 0 Å². The van der Waals surface area contributed by atoms with Crippen molar-refractivity contribution in [1.82, 2.24) is 0 Å². The number of esters is 1. The Morgan fingerprint density at radius 2 is 1.86 bits per heavy atom. The van der Waals surface area contributed by atoms with Crippen molar-refractivity contribution in [3.63, 3.8) is 0 Å². The van der Waals surface area contributed by atoms with Gasteiger partial charge in [-0.1, -0.05) is 43.6 Å². The van der Waals surface area contributed by atoms with Gasteiger partial charge in [0.25, 0.3) is 5.91 Å². The minimum atomic E-state index is -3.51. The first-order valence-electron chi connectivity index (χ1n) is 8.69. The lowest BCUT2D eigenvalue weighted by atomic mass is 9.97. The van der Waals surface area contributed by atoms with Gasteiger partial charge >= 0.3 is 5.97 Å². The smallest absolute Gasteiger partial charge is 0.340 e. The first kappa shape index (κ1) is 21.9. The Morgan fingerprint density at radius 3 is 2.50 bits per heavy atom. The molecule has 150 valence electrons. The number of carbonyl (C=O) groups is 2. The minimum absolute atomic E-state index is 0.0416. The number of anilines is 1. The molecule has 0 saturated heterocycles. The Labute approximate surface area is 169 Å². The summed E-state index contributed by atoms with van der Waals surface area (Å²) in [5.41, 5.74) is 1.54. The van der Waals surface area contributed by atoms with Crippen molar-refractivity contribution in [3.8, 4) is 0 Å². The highest BCUT2D eigenvalue weighted by Gasteiger charge is 2.18. The summed E-state index contributed by atoms with van der Waals surface area (Å²) in [6.45, 7) is 3.59. The maximum absolute atomic E-state index is 12.2. The maximum Gasteiger partial charge on any atom is 0.340 e. The van der Waals surface area contributed by atoms with E-state index in [9.17, 15) is 18.0 Å². The number of nitrogens with one attached hydrogen (secondary N) is 1. The number of hydrogen-bond donors (Lipinski definition) is 1. The molecule has 0 aliphatic heterocycles. The monoisotopic (exact) mass is 423 g/mol. The van der Waals surface area contributed by atoms with Crippen LogP contribution < -0.4 is 5.32 Å². The number of benzene rings is 2. The van der Waals surface area contributed by atoms with E-state index in [1.54, 1.807) is 6.07 Å². The van der Waals surface area contributed by atoms with E-state index in [0.29, 0.717) is 5.69 Å². The van der Waals surface area contributed by atoms with E-state index in [4.69, 9.17) is 16.3 Å². The molecule has 8 heteroatoms. The summed E-state index contributed by atoms with van der Waals surface area (Å²) in [5, 5.41) is 2.78. The maximum atomic E-state index is 12.2. The van der Waals surface area contributed by atoms with Crippen LogP contribution in [0.5, 0.6) is 0 Å². The van der Waals surface area contributed by atoms with Crippen molar-refractivity contribution in [2.75, 3.05) is 18.2 Å². The van der Waals surface area contributed by atoms with Crippen molar-refractivity contribution in [2.24, 2.45) is 0 Å². The minimum Gasteiger partial charge on any atom is -0.452 e. The Morgan fingerprint density at radius 1 is 1.18 bits per heavy atom. The molecule has 1 N–H and O–H groups in total. The van der Waals surface area contributed by atoms with Crippen LogP contribution >= 0.6 is 11.6 Å². The number of halogens is 1. The lowest BCUT2D eigenvalue weighted by Crippen LogP contribution is -2.22. The van der Waals surface area contributed by atoms with E-state index in [-0.39, 0.29) is 21.4 Å². The van der Waals surface area contributed by atoms with Gasteiger partial charge < -0.3 is 10.1 Å². The van der Waals surface area contributed by atoms with Crippen LogP contribution in [0.15, 0.2) is 47.4 Å². The second-order valence-corrected chi connectivity index (χ2v) is 8.86. The lowest BCUT2D eigenvalue weighted by molar-refractivity contribution is -0.119. The van der Waals surface area contributed by atoms with Gasteiger partial charge in [-0.05, 0) is 42.2 Å². The van der Waals surface area contributed by atoms with Crippen LogP contribution in [-0.2, 0) is 19.4 Å². The van der Waals surface area contributed by atoms with Crippen molar-refractivity contribution < 1.29 is 22.7 Å². The fourth-order valence-corrected chi connectivity index (χ4v) is 3.39. The molecule has 0 saturated carbocycles. The molecule has 1 amide bonds. The molecule has 6 nitrogen and oxygen atoms in total. The third-order valence-corrected chi connectivity index (χ3v) is 5.74. The molecule has 0 heterocycles. The number of para-hydroxylation sites is 1. The van der Waals surface area contributed by atoms with Gasteiger partial charge in [-0.2, -0.15) is 0 Å². The SMILES string of the molecule is CC[C@H](C)c1ccccc1NC(=O)COC(=O)c1cc(S(C)(=O)=O)ccc1Cl. The summed E-state index contributed by atoms with van der Waals surface area (Å²) >= 11 is 5.96. The van der Waals surface area contributed by atoms with Gasteiger partial charge in [0.05, 0.1) is 15.5 Å². The van der Waals surface area contributed by atoms with Gasteiger partial charge in [0.15, 0.2) is 16.4 Å². The van der Waals surface area contributed by atoms with Gasteiger partial charge in [0, 0.05) is 11.9 Å².